The molecule has 2 aromatic heterocycles. The average molecular weight is 329 g/mol. The Balaban J connectivity index is 1.53. The van der Waals surface area contributed by atoms with Gasteiger partial charge in [-0.2, -0.15) is 4.98 Å². The van der Waals surface area contributed by atoms with Crippen LogP contribution in [0.5, 0.6) is 0 Å². The number of rotatable bonds is 4. The minimum absolute atomic E-state index is 0.0960. The highest BCUT2D eigenvalue weighted by molar-refractivity contribution is 5.76. The summed E-state index contributed by atoms with van der Waals surface area (Å²) < 4.78 is 0. The van der Waals surface area contributed by atoms with E-state index in [0.717, 1.165) is 5.69 Å². The average Bonchev–Trinajstić information content (AvgIpc) is 2.60. The van der Waals surface area contributed by atoms with Crippen molar-refractivity contribution in [2.45, 2.75) is 12.8 Å². The second-order valence-electron chi connectivity index (χ2n) is 5.55. The fraction of sp³-hybridized carbons (Fsp3) is 0.400. The van der Waals surface area contributed by atoms with Crippen molar-refractivity contribution < 1.29 is 4.79 Å². The highest BCUT2D eigenvalue weighted by Crippen LogP contribution is 2.13. The molecular formula is C15H19N7O2. The lowest BCUT2D eigenvalue weighted by atomic mass is 10.2. The van der Waals surface area contributed by atoms with E-state index in [0.29, 0.717) is 44.8 Å². The lowest BCUT2D eigenvalue weighted by molar-refractivity contribution is -0.131. The van der Waals surface area contributed by atoms with Gasteiger partial charge in [0, 0.05) is 57.3 Å². The van der Waals surface area contributed by atoms with E-state index >= 15 is 0 Å². The Labute approximate surface area is 138 Å². The van der Waals surface area contributed by atoms with Gasteiger partial charge < -0.3 is 15.5 Å². The Kier molecular flexibility index (Phi) is 4.69. The van der Waals surface area contributed by atoms with Crippen molar-refractivity contribution in [3.8, 4) is 0 Å². The van der Waals surface area contributed by atoms with E-state index in [2.05, 4.69) is 19.9 Å². The number of anilines is 2. The number of aromatic nitrogens is 4. The van der Waals surface area contributed by atoms with Crippen LogP contribution in [-0.2, 0) is 11.2 Å². The fourth-order valence-corrected chi connectivity index (χ4v) is 2.66. The molecule has 0 aliphatic carbocycles. The van der Waals surface area contributed by atoms with Crippen LogP contribution in [-0.4, -0.2) is 56.9 Å². The van der Waals surface area contributed by atoms with Gasteiger partial charge in [0.1, 0.15) is 5.82 Å². The van der Waals surface area contributed by atoms with Crippen molar-refractivity contribution in [1.82, 2.24) is 24.8 Å². The normalized spacial score (nSPS) is 14.7. The van der Waals surface area contributed by atoms with Crippen molar-refractivity contribution in [2.24, 2.45) is 0 Å². The number of hydrogen-bond acceptors (Lipinski definition) is 7. The van der Waals surface area contributed by atoms with Gasteiger partial charge in [-0.3, -0.25) is 24.5 Å². The minimum atomic E-state index is -0.278. The Morgan fingerprint density at radius 3 is 2.71 bits per heavy atom. The van der Waals surface area contributed by atoms with Gasteiger partial charge in [-0.05, 0) is 6.42 Å². The third-order valence-corrected chi connectivity index (χ3v) is 3.91. The zero-order valence-electron chi connectivity index (χ0n) is 13.2. The molecule has 3 heterocycles. The van der Waals surface area contributed by atoms with Crippen LogP contribution >= 0.6 is 0 Å². The zero-order chi connectivity index (χ0) is 16.9. The van der Waals surface area contributed by atoms with Gasteiger partial charge in [0.25, 0.3) is 5.56 Å². The van der Waals surface area contributed by atoms with Crippen LogP contribution in [0.1, 0.15) is 12.1 Å². The second kappa shape index (κ2) is 7.07. The molecule has 1 saturated heterocycles. The number of carbonyl (C=O) groups excluding carboxylic acids is 1. The Bertz CT molecular complexity index is 754. The summed E-state index contributed by atoms with van der Waals surface area (Å²) in [7, 11) is 0. The van der Waals surface area contributed by atoms with Crippen LogP contribution in [0.15, 0.2) is 29.5 Å². The van der Waals surface area contributed by atoms with Crippen molar-refractivity contribution in [2.75, 3.05) is 36.8 Å². The molecule has 0 atom stereocenters. The van der Waals surface area contributed by atoms with Crippen molar-refractivity contribution in [1.29, 1.82) is 0 Å². The van der Waals surface area contributed by atoms with Crippen LogP contribution in [0.4, 0.5) is 11.8 Å². The molecular weight excluding hydrogens is 310 g/mol. The first kappa shape index (κ1) is 15.9. The van der Waals surface area contributed by atoms with Gasteiger partial charge in [-0.25, -0.2) is 0 Å². The molecule has 1 fully saturated rings. The number of piperazine rings is 1. The van der Waals surface area contributed by atoms with E-state index in [1.807, 2.05) is 9.80 Å². The zero-order valence-corrected chi connectivity index (χ0v) is 13.2. The summed E-state index contributed by atoms with van der Waals surface area (Å²) in [4.78, 5) is 42.3. The maximum atomic E-state index is 12.3. The number of H-pyrrole nitrogens is 1. The van der Waals surface area contributed by atoms with E-state index < -0.39 is 0 Å². The topological polar surface area (TPSA) is 121 Å². The predicted octanol–water partition coefficient (Wildman–Crippen LogP) is -0.576. The van der Waals surface area contributed by atoms with Gasteiger partial charge >= 0.3 is 0 Å². The number of aryl methyl sites for hydroxylation is 1. The summed E-state index contributed by atoms with van der Waals surface area (Å²) in [5.41, 5.74) is 6.10. The molecule has 0 unspecified atom stereocenters. The first-order chi connectivity index (χ1) is 11.6. The molecule has 1 aliphatic heterocycles. The van der Waals surface area contributed by atoms with Crippen LogP contribution in [0.25, 0.3) is 0 Å². The lowest BCUT2D eigenvalue weighted by Gasteiger charge is -2.35. The van der Waals surface area contributed by atoms with Gasteiger partial charge in [0.15, 0.2) is 0 Å². The molecule has 0 bridgehead atoms. The first-order valence-corrected chi connectivity index (χ1v) is 7.76. The number of nitrogens with two attached hydrogens (primary N) is 1. The molecule has 126 valence electrons. The van der Waals surface area contributed by atoms with E-state index in [1.165, 1.54) is 6.07 Å². The molecule has 9 nitrogen and oxygen atoms in total. The number of nitrogens with zero attached hydrogens (tertiary/aromatic N) is 5. The van der Waals surface area contributed by atoms with Crippen molar-refractivity contribution in [3.05, 3.63) is 40.7 Å². The summed E-state index contributed by atoms with van der Waals surface area (Å²) in [6, 6.07) is 1.42. The molecule has 9 heteroatoms. The highest BCUT2D eigenvalue weighted by Gasteiger charge is 2.22. The predicted molar refractivity (Wildman–Crippen MR) is 88.4 cm³/mol. The molecule has 3 N–H and O–H groups in total. The number of aromatic amines is 1. The molecule has 24 heavy (non-hydrogen) atoms. The van der Waals surface area contributed by atoms with Crippen molar-refractivity contribution >= 4 is 17.7 Å². The molecule has 2 aromatic rings. The molecule has 0 aromatic carbocycles. The van der Waals surface area contributed by atoms with Gasteiger partial charge in [-0.1, -0.05) is 0 Å². The van der Waals surface area contributed by atoms with Gasteiger partial charge in [0.2, 0.25) is 11.9 Å². The lowest BCUT2D eigenvalue weighted by Crippen LogP contribution is -2.49. The Morgan fingerprint density at radius 2 is 2.04 bits per heavy atom. The molecule has 3 rings (SSSR count). The summed E-state index contributed by atoms with van der Waals surface area (Å²) >= 11 is 0. The van der Waals surface area contributed by atoms with Crippen molar-refractivity contribution in [3.63, 3.8) is 0 Å². The maximum Gasteiger partial charge on any atom is 0.254 e. The largest absolute Gasteiger partial charge is 0.369 e. The third kappa shape index (κ3) is 3.86. The monoisotopic (exact) mass is 329 g/mol. The second-order valence-corrected chi connectivity index (χ2v) is 5.55. The molecule has 0 radical (unpaired) electrons. The molecule has 0 spiro atoms. The molecule has 1 amide bonds. The number of nitrogens with one attached hydrogen (secondary N) is 1. The quantitative estimate of drug-likeness (QED) is 0.770. The minimum Gasteiger partial charge on any atom is -0.369 e. The highest BCUT2D eigenvalue weighted by atomic mass is 16.2. The summed E-state index contributed by atoms with van der Waals surface area (Å²) in [6.45, 7) is 2.42. The van der Waals surface area contributed by atoms with E-state index in [-0.39, 0.29) is 17.4 Å². The summed E-state index contributed by atoms with van der Waals surface area (Å²) in [5.74, 6) is 0.738. The first-order valence-electron chi connectivity index (χ1n) is 7.76. The Hall–Kier alpha value is -2.97. The van der Waals surface area contributed by atoms with Crippen LogP contribution in [0.3, 0.4) is 0 Å². The van der Waals surface area contributed by atoms with Crippen LogP contribution in [0.2, 0.25) is 0 Å². The van der Waals surface area contributed by atoms with E-state index in [4.69, 9.17) is 5.73 Å². The smallest absolute Gasteiger partial charge is 0.254 e. The van der Waals surface area contributed by atoms with Crippen LogP contribution in [0, 0.1) is 0 Å². The molecule has 1 aliphatic rings. The standard InChI is InChI=1S/C15H19N7O2/c16-15-19-12(9-13(23)20-15)21-5-7-22(8-6-21)14(24)2-1-11-10-17-3-4-18-11/h3-4,9-10H,1-2,5-8H2,(H3,16,19,20,23). The summed E-state index contributed by atoms with van der Waals surface area (Å²) in [5, 5.41) is 0. The fourth-order valence-electron chi connectivity index (χ4n) is 2.66. The van der Waals surface area contributed by atoms with Gasteiger partial charge in [-0.15, -0.1) is 0 Å². The number of amides is 1. The van der Waals surface area contributed by atoms with E-state index in [9.17, 15) is 9.59 Å². The third-order valence-electron chi connectivity index (χ3n) is 3.91. The number of nitrogen functional groups attached to an aromatic ring is 1. The van der Waals surface area contributed by atoms with E-state index in [1.54, 1.807) is 18.6 Å². The van der Waals surface area contributed by atoms with Crippen LogP contribution < -0.4 is 16.2 Å². The molecule has 0 saturated carbocycles. The number of carbonyl (C=O) groups is 1. The summed E-state index contributed by atoms with van der Waals surface area (Å²) in [6.07, 6.45) is 5.90. The SMILES string of the molecule is Nc1nc(N2CCN(C(=O)CCc3cnccn3)CC2)cc(=O)[nH]1. The number of hydrogen-bond donors (Lipinski definition) is 2. The Morgan fingerprint density at radius 1 is 1.25 bits per heavy atom. The maximum absolute atomic E-state index is 12.3. The van der Waals surface area contributed by atoms with Gasteiger partial charge in [0.05, 0.1) is 5.69 Å².